The van der Waals surface area contributed by atoms with Gasteiger partial charge in [0.2, 0.25) is 0 Å². The zero-order chi connectivity index (χ0) is 12.7. The van der Waals surface area contributed by atoms with Crippen LogP contribution in [-0.4, -0.2) is 17.7 Å². The van der Waals surface area contributed by atoms with Crippen LogP contribution in [0.1, 0.15) is 31.4 Å². The largest absolute Gasteiger partial charge is 0.387 e. The van der Waals surface area contributed by atoms with Crippen molar-refractivity contribution in [3.8, 4) is 12.3 Å². The van der Waals surface area contributed by atoms with Gasteiger partial charge in [-0.15, -0.1) is 12.3 Å². The van der Waals surface area contributed by atoms with Crippen molar-refractivity contribution >= 4 is 15.9 Å². The van der Waals surface area contributed by atoms with Crippen molar-refractivity contribution < 1.29 is 5.11 Å². The molecule has 0 aliphatic heterocycles. The second kappa shape index (κ2) is 7.50. The minimum absolute atomic E-state index is 0.279. The molecule has 1 aromatic rings. The van der Waals surface area contributed by atoms with Gasteiger partial charge in [-0.05, 0) is 24.1 Å². The van der Waals surface area contributed by atoms with Crippen molar-refractivity contribution in [2.75, 3.05) is 6.54 Å². The maximum atomic E-state index is 10.0. The molecule has 2 unspecified atom stereocenters. The van der Waals surface area contributed by atoms with Gasteiger partial charge >= 0.3 is 0 Å². The van der Waals surface area contributed by atoms with Gasteiger partial charge in [-0.2, -0.15) is 0 Å². The van der Waals surface area contributed by atoms with Gasteiger partial charge in [0.25, 0.3) is 0 Å². The molecule has 3 heteroatoms. The van der Waals surface area contributed by atoms with Crippen molar-refractivity contribution in [1.82, 2.24) is 5.32 Å². The fourth-order valence-electron chi connectivity index (χ4n) is 1.61. The quantitative estimate of drug-likeness (QED) is 0.791. The Kier molecular flexibility index (Phi) is 6.28. The smallest absolute Gasteiger partial charge is 0.0914 e. The van der Waals surface area contributed by atoms with Crippen LogP contribution in [0.25, 0.3) is 0 Å². The minimum Gasteiger partial charge on any atom is -0.387 e. The molecule has 0 saturated heterocycles. The fraction of sp³-hybridized carbons (Fsp3) is 0.429. The summed E-state index contributed by atoms with van der Waals surface area (Å²) in [4.78, 5) is 0. The van der Waals surface area contributed by atoms with E-state index in [0.29, 0.717) is 13.0 Å². The van der Waals surface area contributed by atoms with Crippen LogP contribution in [0.4, 0.5) is 0 Å². The highest BCUT2D eigenvalue weighted by molar-refractivity contribution is 9.10. The topological polar surface area (TPSA) is 32.3 Å². The number of rotatable bonds is 6. The standard InChI is InChI=1S/C14H18BrNO/c1-3-6-13(4-2)16-10-14(17)11-7-5-8-12(15)9-11/h1,5,7-9,13-14,16-17H,4,6,10H2,2H3. The van der Waals surface area contributed by atoms with E-state index in [0.717, 1.165) is 16.5 Å². The number of aliphatic hydroxyl groups is 1. The Morgan fingerprint density at radius 3 is 2.88 bits per heavy atom. The van der Waals surface area contributed by atoms with Crippen LogP contribution in [0.5, 0.6) is 0 Å². The van der Waals surface area contributed by atoms with E-state index in [1.807, 2.05) is 24.3 Å². The van der Waals surface area contributed by atoms with Crippen molar-refractivity contribution in [3.63, 3.8) is 0 Å². The molecule has 0 aliphatic rings. The van der Waals surface area contributed by atoms with E-state index in [9.17, 15) is 5.11 Å². The Labute approximate surface area is 112 Å². The van der Waals surface area contributed by atoms with Crippen molar-refractivity contribution in [2.45, 2.75) is 31.9 Å². The first kappa shape index (κ1) is 14.2. The highest BCUT2D eigenvalue weighted by Crippen LogP contribution is 2.17. The van der Waals surface area contributed by atoms with Gasteiger partial charge in [-0.25, -0.2) is 0 Å². The highest BCUT2D eigenvalue weighted by atomic mass is 79.9. The second-order valence-corrected chi connectivity index (χ2v) is 4.91. The highest BCUT2D eigenvalue weighted by Gasteiger charge is 2.10. The van der Waals surface area contributed by atoms with Crippen molar-refractivity contribution in [3.05, 3.63) is 34.3 Å². The van der Waals surface area contributed by atoms with E-state index in [-0.39, 0.29) is 6.04 Å². The van der Waals surface area contributed by atoms with Gasteiger partial charge < -0.3 is 10.4 Å². The molecule has 1 aromatic carbocycles. The van der Waals surface area contributed by atoms with E-state index in [1.165, 1.54) is 0 Å². The number of benzene rings is 1. The van der Waals surface area contributed by atoms with E-state index >= 15 is 0 Å². The molecule has 0 radical (unpaired) electrons. The molecule has 2 nitrogen and oxygen atoms in total. The Morgan fingerprint density at radius 2 is 2.29 bits per heavy atom. The van der Waals surface area contributed by atoms with E-state index in [2.05, 4.69) is 34.1 Å². The normalized spacial score (nSPS) is 14.0. The molecule has 0 bridgehead atoms. The third kappa shape index (κ3) is 4.91. The van der Waals surface area contributed by atoms with Crippen LogP contribution in [0.3, 0.4) is 0 Å². The Balaban J connectivity index is 2.49. The predicted octanol–water partition coefficient (Wildman–Crippen LogP) is 2.87. The van der Waals surface area contributed by atoms with E-state index in [1.54, 1.807) is 0 Å². The van der Waals surface area contributed by atoms with Crippen LogP contribution in [0.2, 0.25) is 0 Å². The zero-order valence-electron chi connectivity index (χ0n) is 9.99. The molecule has 17 heavy (non-hydrogen) atoms. The molecular weight excluding hydrogens is 278 g/mol. The van der Waals surface area contributed by atoms with Crippen LogP contribution in [0, 0.1) is 12.3 Å². The Hall–Kier alpha value is -0.820. The fourth-order valence-corrected chi connectivity index (χ4v) is 2.03. The van der Waals surface area contributed by atoms with Crippen LogP contribution in [0.15, 0.2) is 28.7 Å². The summed E-state index contributed by atoms with van der Waals surface area (Å²) < 4.78 is 0.977. The molecule has 0 aromatic heterocycles. The SMILES string of the molecule is C#CCC(CC)NCC(O)c1cccc(Br)c1. The van der Waals surface area contributed by atoms with Gasteiger partial charge in [-0.3, -0.25) is 0 Å². The summed E-state index contributed by atoms with van der Waals surface area (Å²) in [6.07, 6.45) is 6.45. The van der Waals surface area contributed by atoms with Crippen LogP contribution >= 0.6 is 15.9 Å². The number of aliphatic hydroxyl groups excluding tert-OH is 1. The summed E-state index contributed by atoms with van der Waals surface area (Å²) in [5.74, 6) is 2.64. The van der Waals surface area contributed by atoms with Crippen molar-refractivity contribution in [2.24, 2.45) is 0 Å². The van der Waals surface area contributed by atoms with Gasteiger partial charge in [0, 0.05) is 23.5 Å². The average Bonchev–Trinajstić information content (AvgIpc) is 2.34. The lowest BCUT2D eigenvalue weighted by atomic mass is 10.1. The Bertz CT molecular complexity index is 386. The molecule has 0 saturated carbocycles. The predicted molar refractivity (Wildman–Crippen MR) is 74.6 cm³/mol. The maximum Gasteiger partial charge on any atom is 0.0914 e. The summed E-state index contributed by atoms with van der Waals surface area (Å²) in [6.45, 7) is 2.61. The van der Waals surface area contributed by atoms with Gasteiger partial charge in [-0.1, -0.05) is 35.0 Å². The van der Waals surface area contributed by atoms with Crippen LogP contribution < -0.4 is 5.32 Å². The molecule has 0 heterocycles. The summed E-state index contributed by atoms with van der Waals surface area (Å²) >= 11 is 3.39. The molecule has 0 fully saturated rings. The lowest BCUT2D eigenvalue weighted by molar-refractivity contribution is 0.169. The molecule has 92 valence electrons. The lowest BCUT2D eigenvalue weighted by Gasteiger charge is -2.18. The molecule has 1 rings (SSSR count). The second-order valence-electron chi connectivity index (χ2n) is 3.99. The molecule has 2 atom stereocenters. The van der Waals surface area contributed by atoms with Gasteiger partial charge in [0.15, 0.2) is 0 Å². The summed E-state index contributed by atoms with van der Waals surface area (Å²) in [6, 6.07) is 7.98. The van der Waals surface area contributed by atoms with Gasteiger partial charge in [0.1, 0.15) is 0 Å². The lowest BCUT2D eigenvalue weighted by Crippen LogP contribution is -2.32. The summed E-state index contributed by atoms with van der Waals surface area (Å²) in [5.41, 5.74) is 0.905. The first-order valence-electron chi connectivity index (χ1n) is 5.77. The third-order valence-corrected chi connectivity index (χ3v) is 3.18. The Morgan fingerprint density at radius 1 is 1.53 bits per heavy atom. The molecule has 0 aliphatic carbocycles. The summed E-state index contributed by atoms with van der Waals surface area (Å²) in [5, 5.41) is 13.3. The van der Waals surface area contributed by atoms with Gasteiger partial charge in [0.05, 0.1) is 6.10 Å². The first-order valence-corrected chi connectivity index (χ1v) is 6.57. The number of hydrogen-bond acceptors (Lipinski definition) is 2. The van der Waals surface area contributed by atoms with E-state index in [4.69, 9.17) is 6.42 Å². The minimum atomic E-state index is -0.501. The average molecular weight is 296 g/mol. The first-order chi connectivity index (χ1) is 8.17. The third-order valence-electron chi connectivity index (χ3n) is 2.69. The molecule has 0 spiro atoms. The summed E-state index contributed by atoms with van der Waals surface area (Å²) in [7, 11) is 0. The van der Waals surface area contributed by atoms with E-state index < -0.39 is 6.10 Å². The number of hydrogen-bond donors (Lipinski definition) is 2. The monoisotopic (exact) mass is 295 g/mol. The molecule has 2 N–H and O–H groups in total. The molecule has 0 amide bonds. The zero-order valence-corrected chi connectivity index (χ0v) is 11.6. The van der Waals surface area contributed by atoms with Crippen LogP contribution in [-0.2, 0) is 0 Å². The number of halogens is 1. The number of terminal acetylenes is 1. The maximum absolute atomic E-state index is 10.0. The molecular formula is C14H18BrNO. The van der Waals surface area contributed by atoms with Crippen molar-refractivity contribution in [1.29, 1.82) is 0 Å². The number of nitrogens with one attached hydrogen (secondary N) is 1.